The fourth-order valence-electron chi connectivity index (χ4n) is 4.22. The van der Waals surface area contributed by atoms with Crippen LogP contribution >= 0.6 is 12.6 Å². The monoisotopic (exact) mass is 565 g/mol. The zero-order chi connectivity index (χ0) is 29.6. The van der Waals surface area contributed by atoms with Gasteiger partial charge in [-0.3, -0.25) is 14.4 Å². The number of alkyl carbamates (subject to hydrolysis) is 1. The lowest BCUT2D eigenvalue weighted by molar-refractivity contribution is -0.144. The second kappa shape index (κ2) is 17.0. The maximum absolute atomic E-state index is 14.0. The molecule has 0 aromatic heterocycles. The summed E-state index contributed by atoms with van der Waals surface area (Å²) in [6.45, 7) is 13.5. The number of nitrogens with zero attached hydrogens (tertiary/aromatic N) is 1. The molecule has 0 bridgehead atoms. The van der Waals surface area contributed by atoms with E-state index in [1.54, 1.807) is 27.7 Å². The summed E-state index contributed by atoms with van der Waals surface area (Å²) in [4.78, 5) is 53.7. The molecule has 2 unspecified atom stereocenters. The second-order valence-corrected chi connectivity index (χ2v) is 10.9. The first-order chi connectivity index (χ1) is 18.4. The van der Waals surface area contributed by atoms with E-state index in [4.69, 9.17) is 9.47 Å². The lowest BCUT2D eigenvalue weighted by atomic mass is 9.93. The highest BCUT2D eigenvalue weighted by Gasteiger charge is 2.37. The number of carbonyl (C=O) groups excluding carboxylic acids is 4. The van der Waals surface area contributed by atoms with E-state index < -0.39 is 41.6 Å². The van der Waals surface area contributed by atoms with Crippen molar-refractivity contribution in [3.05, 3.63) is 34.9 Å². The molecule has 9 nitrogen and oxygen atoms in total. The number of thiol groups is 1. The van der Waals surface area contributed by atoms with Gasteiger partial charge in [-0.1, -0.05) is 44.4 Å². The van der Waals surface area contributed by atoms with Gasteiger partial charge in [-0.2, -0.15) is 12.6 Å². The first-order valence-electron chi connectivity index (χ1n) is 13.8. The average Bonchev–Trinajstić information content (AvgIpc) is 2.84. The smallest absolute Gasteiger partial charge is 0.408 e. The Morgan fingerprint density at radius 1 is 1.03 bits per heavy atom. The van der Waals surface area contributed by atoms with Crippen molar-refractivity contribution in [1.29, 1.82) is 0 Å². The molecule has 2 N–H and O–H groups in total. The number of benzene rings is 1. The molecule has 0 fully saturated rings. The fourth-order valence-corrected chi connectivity index (χ4v) is 4.46. The molecular weight excluding hydrogens is 518 g/mol. The third kappa shape index (κ3) is 11.9. The van der Waals surface area contributed by atoms with E-state index in [2.05, 4.69) is 30.2 Å². The number of esters is 1. The summed E-state index contributed by atoms with van der Waals surface area (Å²) >= 11 is 4.34. The molecule has 39 heavy (non-hydrogen) atoms. The van der Waals surface area contributed by atoms with Crippen molar-refractivity contribution >= 4 is 36.5 Å². The van der Waals surface area contributed by atoms with Crippen LogP contribution in [-0.4, -0.2) is 65.9 Å². The van der Waals surface area contributed by atoms with Gasteiger partial charge in [0.15, 0.2) is 0 Å². The maximum atomic E-state index is 14.0. The first-order valence-corrected chi connectivity index (χ1v) is 14.4. The van der Waals surface area contributed by atoms with E-state index in [0.717, 1.165) is 30.4 Å². The Balaban J connectivity index is 3.43. The predicted molar refractivity (Wildman–Crippen MR) is 156 cm³/mol. The number of rotatable bonds is 15. The average molecular weight is 566 g/mol. The molecule has 3 amide bonds. The molecule has 0 spiro atoms. The number of unbranched alkanes of at least 4 members (excludes halogenated alkanes) is 3. The Morgan fingerprint density at radius 3 is 2.21 bits per heavy atom. The Labute approximate surface area is 239 Å². The van der Waals surface area contributed by atoms with Crippen LogP contribution in [0.1, 0.15) is 89.5 Å². The summed E-state index contributed by atoms with van der Waals surface area (Å²) in [5, 5.41) is 5.46. The normalized spacial score (nSPS) is 12.7. The van der Waals surface area contributed by atoms with E-state index in [9.17, 15) is 19.2 Å². The minimum absolute atomic E-state index is 0.0168. The van der Waals surface area contributed by atoms with E-state index in [1.807, 2.05) is 32.0 Å². The quantitative estimate of drug-likeness (QED) is 0.162. The Kier molecular flexibility index (Phi) is 15.0. The van der Waals surface area contributed by atoms with E-state index in [-0.39, 0.29) is 25.3 Å². The molecule has 2 atom stereocenters. The van der Waals surface area contributed by atoms with Gasteiger partial charge >= 0.3 is 12.1 Å². The molecule has 0 saturated heterocycles. The van der Waals surface area contributed by atoms with Gasteiger partial charge in [0.1, 0.15) is 17.7 Å². The zero-order valence-corrected chi connectivity index (χ0v) is 25.5. The number of hydrogen-bond donors (Lipinski definition) is 3. The number of aryl methyl sites for hydroxylation is 2. The highest BCUT2D eigenvalue weighted by atomic mass is 32.1. The highest BCUT2D eigenvalue weighted by Crippen LogP contribution is 2.29. The van der Waals surface area contributed by atoms with Crippen molar-refractivity contribution in [1.82, 2.24) is 15.5 Å². The SMILES string of the molecule is CCCCCCN(C(=O)C(CS)NC(=O)OC(C)(C)C)C(C(=O)NCCC(=O)OCC)c1c(C)cccc1C. The molecule has 0 saturated carbocycles. The minimum atomic E-state index is -1.01. The Bertz CT molecular complexity index is 943. The molecule has 220 valence electrons. The van der Waals surface area contributed by atoms with Gasteiger partial charge < -0.3 is 25.0 Å². The Hall–Kier alpha value is -2.75. The van der Waals surface area contributed by atoms with E-state index in [0.29, 0.717) is 18.5 Å². The highest BCUT2D eigenvalue weighted by molar-refractivity contribution is 7.80. The van der Waals surface area contributed by atoms with Crippen molar-refractivity contribution in [2.45, 2.75) is 98.3 Å². The largest absolute Gasteiger partial charge is 0.466 e. The molecule has 0 aliphatic rings. The first kappa shape index (κ1) is 34.3. The molecular formula is C29H47N3O6S. The van der Waals surface area contributed by atoms with Crippen molar-refractivity contribution in [2.75, 3.05) is 25.4 Å². The van der Waals surface area contributed by atoms with Gasteiger partial charge in [-0.15, -0.1) is 0 Å². The van der Waals surface area contributed by atoms with Crippen LogP contribution in [0.25, 0.3) is 0 Å². The number of nitrogens with one attached hydrogen (secondary N) is 2. The molecule has 1 aromatic carbocycles. The minimum Gasteiger partial charge on any atom is -0.466 e. The molecule has 0 radical (unpaired) electrons. The topological polar surface area (TPSA) is 114 Å². The summed E-state index contributed by atoms with van der Waals surface area (Å²) in [5.74, 6) is -1.23. The fraction of sp³-hybridized carbons (Fsp3) is 0.655. The van der Waals surface area contributed by atoms with Crippen LogP contribution in [0.2, 0.25) is 0 Å². The van der Waals surface area contributed by atoms with Crippen LogP contribution in [0.5, 0.6) is 0 Å². The molecule has 0 aliphatic heterocycles. The van der Waals surface area contributed by atoms with Gasteiger partial charge in [0.05, 0.1) is 13.0 Å². The van der Waals surface area contributed by atoms with Crippen molar-refractivity contribution in [3.63, 3.8) is 0 Å². The van der Waals surface area contributed by atoms with E-state index in [1.165, 1.54) is 4.90 Å². The predicted octanol–water partition coefficient (Wildman–Crippen LogP) is 4.65. The molecule has 1 rings (SSSR count). The van der Waals surface area contributed by atoms with E-state index >= 15 is 0 Å². The molecule has 10 heteroatoms. The standard InChI is InChI=1S/C29H47N3O6S/c1-8-10-11-12-18-32(27(35)22(19-39)31-28(36)38-29(5,6)7)25(24-20(3)14-13-15-21(24)4)26(34)30-17-16-23(33)37-9-2/h13-15,22,25,39H,8-12,16-19H2,1-7H3,(H,30,34)(H,31,36). The lowest BCUT2D eigenvalue weighted by Gasteiger charge is -2.35. The summed E-state index contributed by atoms with van der Waals surface area (Å²) in [6, 6.07) is 3.73. The second-order valence-electron chi connectivity index (χ2n) is 10.5. The van der Waals surface area contributed by atoms with Gasteiger partial charge in [-0.05, 0) is 64.7 Å². The number of hydrogen-bond acceptors (Lipinski definition) is 7. The molecule has 0 aliphatic carbocycles. The number of amides is 3. The van der Waals surface area contributed by atoms with Gasteiger partial charge in [0.2, 0.25) is 11.8 Å². The summed E-state index contributed by atoms with van der Waals surface area (Å²) < 4.78 is 10.3. The van der Waals surface area contributed by atoms with Crippen LogP contribution < -0.4 is 10.6 Å². The molecule has 1 aromatic rings. The van der Waals surface area contributed by atoms with Crippen LogP contribution in [0, 0.1) is 13.8 Å². The Morgan fingerprint density at radius 2 is 1.67 bits per heavy atom. The summed E-state index contributed by atoms with van der Waals surface area (Å²) in [6.07, 6.45) is 2.86. The van der Waals surface area contributed by atoms with Gasteiger partial charge in [-0.25, -0.2) is 4.79 Å². The number of carbonyl (C=O) groups is 4. The third-order valence-electron chi connectivity index (χ3n) is 6.02. The van der Waals surface area contributed by atoms with Crippen LogP contribution in [0.15, 0.2) is 18.2 Å². The lowest BCUT2D eigenvalue weighted by Crippen LogP contribution is -2.54. The van der Waals surface area contributed by atoms with Crippen molar-refractivity contribution in [2.24, 2.45) is 0 Å². The van der Waals surface area contributed by atoms with Gasteiger partial charge in [0.25, 0.3) is 0 Å². The zero-order valence-electron chi connectivity index (χ0n) is 24.6. The summed E-state index contributed by atoms with van der Waals surface area (Å²) in [7, 11) is 0. The van der Waals surface area contributed by atoms with Crippen molar-refractivity contribution < 1.29 is 28.7 Å². The van der Waals surface area contributed by atoms with Crippen LogP contribution in [0.4, 0.5) is 4.79 Å². The van der Waals surface area contributed by atoms with Crippen LogP contribution in [-0.2, 0) is 23.9 Å². The third-order valence-corrected chi connectivity index (χ3v) is 6.38. The maximum Gasteiger partial charge on any atom is 0.408 e. The van der Waals surface area contributed by atoms with Gasteiger partial charge in [0, 0.05) is 18.8 Å². The number of ether oxygens (including phenoxy) is 2. The summed E-state index contributed by atoms with van der Waals surface area (Å²) in [5.41, 5.74) is 1.68. The van der Waals surface area contributed by atoms with Crippen LogP contribution in [0.3, 0.4) is 0 Å². The molecule has 0 heterocycles. The van der Waals surface area contributed by atoms with Crippen molar-refractivity contribution in [3.8, 4) is 0 Å².